The standard InChI is InChI=1S/C28H30Cl2F2N4O3/c1-3-27(38,26(32)8-10-33-11-9-26)20-12-18(17-37)25(23(31)13-20)28(39,19-4-6-21(29)7-5-19)36(2)16-24-34-14-22(30)15-35-24/h4-7,12-15,17,33,38-39H,3,8-11,16H2,1-2H3/t27?,28-/m1/s1. The molecular weight excluding hydrogens is 549 g/mol. The Balaban J connectivity index is 1.88. The van der Waals surface area contributed by atoms with Gasteiger partial charge in [-0.15, -0.1) is 0 Å². The Morgan fingerprint density at radius 3 is 2.26 bits per heavy atom. The first-order valence-corrected chi connectivity index (χ1v) is 13.3. The number of carbonyl (C=O) groups is 1. The molecular formula is C28H30Cl2F2N4O3. The van der Waals surface area contributed by atoms with Crippen LogP contribution in [0.2, 0.25) is 10.0 Å². The van der Waals surface area contributed by atoms with Crippen molar-refractivity contribution in [3.05, 3.63) is 92.7 Å². The summed E-state index contributed by atoms with van der Waals surface area (Å²) < 4.78 is 32.3. The number of benzene rings is 2. The highest BCUT2D eigenvalue weighted by Crippen LogP contribution is 2.46. The van der Waals surface area contributed by atoms with E-state index in [1.165, 1.54) is 54.7 Å². The molecule has 1 fully saturated rings. The van der Waals surface area contributed by atoms with E-state index < -0.39 is 22.8 Å². The number of rotatable bonds is 9. The van der Waals surface area contributed by atoms with Gasteiger partial charge < -0.3 is 15.5 Å². The molecule has 0 bridgehead atoms. The largest absolute Gasteiger partial charge is 0.382 e. The topological polar surface area (TPSA) is 98.6 Å². The highest BCUT2D eigenvalue weighted by atomic mass is 35.5. The van der Waals surface area contributed by atoms with Crippen LogP contribution < -0.4 is 5.32 Å². The minimum atomic E-state index is -2.21. The predicted molar refractivity (Wildman–Crippen MR) is 145 cm³/mol. The molecule has 0 spiro atoms. The van der Waals surface area contributed by atoms with Crippen LogP contribution in [0.15, 0.2) is 48.8 Å². The van der Waals surface area contributed by atoms with Crippen LogP contribution in [0, 0.1) is 5.82 Å². The van der Waals surface area contributed by atoms with E-state index in [0.717, 1.165) is 6.07 Å². The molecule has 1 aliphatic rings. The number of piperidine rings is 1. The van der Waals surface area contributed by atoms with Gasteiger partial charge in [-0.1, -0.05) is 42.3 Å². The molecule has 0 aliphatic carbocycles. The minimum absolute atomic E-state index is 0.0235. The maximum absolute atomic E-state index is 16.2. The average Bonchev–Trinajstić information content (AvgIpc) is 2.93. The molecule has 39 heavy (non-hydrogen) atoms. The van der Waals surface area contributed by atoms with Crippen LogP contribution in [0.1, 0.15) is 59.1 Å². The SMILES string of the molecule is CCC(O)(c1cc(F)c([C@](O)(c2ccc(Cl)cc2)N(C)Cc2ncc(Cl)cn2)c(C=O)c1)C1(F)CCNCC1. The van der Waals surface area contributed by atoms with E-state index in [2.05, 4.69) is 15.3 Å². The summed E-state index contributed by atoms with van der Waals surface area (Å²) in [5.74, 6) is -0.704. The maximum atomic E-state index is 16.2. The summed E-state index contributed by atoms with van der Waals surface area (Å²) in [6, 6.07) is 8.34. The lowest BCUT2D eigenvalue weighted by atomic mass is 9.71. The molecule has 0 radical (unpaired) electrons. The van der Waals surface area contributed by atoms with Crippen LogP contribution in [0.3, 0.4) is 0 Å². The monoisotopic (exact) mass is 578 g/mol. The minimum Gasteiger partial charge on any atom is -0.382 e. The first-order chi connectivity index (χ1) is 18.5. The molecule has 0 saturated carbocycles. The Kier molecular flexibility index (Phi) is 8.70. The van der Waals surface area contributed by atoms with Crippen molar-refractivity contribution in [1.29, 1.82) is 0 Å². The van der Waals surface area contributed by atoms with E-state index in [-0.39, 0.29) is 53.9 Å². The van der Waals surface area contributed by atoms with Crippen LogP contribution >= 0.6 is 23.2 Å². The molecule has 1 unspecified atom stereocenters. The van der Waals surface area contributed by atoms with Crippen molar-refractivity contribution in [3.8, 4) is 0 Å². The van der Waals surface area contributed by atoms with Gasteiger partial charge in [0.15, 0.2) is 12.0 Å². The lowest BCUT2D eigenvalue weighted by molar-refractivity contribution is -0.127. The molecule has 1 aromatic heterocycles. The van der Waals surface area contributed by atoms with Gasteiger partial charge in [0.25, 0.3) is 0 Å². The number of hydrogen-bond donors (Lipinski definition) is 3. The van der Waals surface area contributed by atoms with Gasteiger partial charge in [-0.2, -0.15) is 0 Å². The molecule has 3 aromatic rings. The highest BCUT2D eigenvalue weighted by molar-refractivity contribution is 6.30. The van der Waals surface area contributed by atoms with E-state index in [9.17, 15) is 15.0 Å². The van der Waals surface area contributed by atoms with Crippen LogP contribution in [-0.4, -0.2) is 57.2 Å². The van der Waals surface area contributed by atoms with Gasteiger partial charge >= 0.3 is 0 Å². The molecule has 11 heteroatoms. The van der Waals surface area contributed by atoms with E-state index in [0.29, 0.717) is 29.4 Å². The zero-order chi connectivity index (χ0) is 28.4. The smallest absolute Gasteiger partial charge is 0.174 e. The Morgan fingerprint density at radius 2 is 1.69 bits per heavy atom. The van der Waals surface area contributed by atoms with E-state index in [4.69, 9.17) is 23.2 Å². The molecule has 0 amide bonds. The van der Waals surface area contributed by atoms with Crippen molar-refractivity contribution in [2.75, 3.05) is 20.1 Å². The molecule has 2 heterocycles. The normalized spacial score (nSPS) is 18.4. The first kappa shape index (κ1) is 29.5. The van der Waals surface area contributed by atoms with Crippen molar-refractivity contribution in [2.45, 2.75) is 49.7 Å². The maximum Gasteiger partial charge on any atom is 0.174 e. The van der Waals surface area contributed by atoms with Crippen molar-refractivity contribution in [3.63, 3.8) is 0 Å². The van der Waals surface area contributed by atoms with Gasteiger partial charge in [0, 0.05) is 34.1 Å². The van der Waals surface area contributed by atoms with E-state index in [1.807, 2.05) is 0 Å². The molecule has 2 aromatic carbocycles. The molecule has 208 valence electrons. The first-order valence-electron chi connectivity index (χ1n) is 12.6. The number of aromatic nitrogens is 2. The van der Waals surface area contributed by atoms with Gasteiger partial charge in [-0.3, -0.25) is 9.69 Å². The van der Waals surface area contributed by atoms with Crippen molar-refractivity contribution in [2.24, 2.45) is 0 Å². The Hall–Kier alpha value is -2.53. The number of nitrogens with one attached hydrogen (secondary N) is 1. The molecule has 4 rings (SSSR count). The predicted octanol–water partition coefficient (Wildman–Crippen LogP) is 4.75. The second kappa shape index (κ2) is 11.5. The second-order valence-corrected chi connectivity index (χ2v) is 10.7. The number of nitrogens with zero attached hydrogens (tertiary/aromatic N) is 3. The van der Waals surface area contributed by atoms with Crippen molar-refractivity contribution >= 4 is 29.5 Å². The summed E-state index contributed by atoms with van der Waals surface area (Å²) >= 11 is 12.0. The van der Waals surface area contributed by atoms with Crippen molar-refractivity contribution in [1.82, 2.24) is 20.2 Å². The summed E-state index contributed by atoms with van der Waals surface area (Å²) in [6.45, 7) is 2.26. The summed E-state index contributed by atoms with van der Waals surface area (Å²) in [6.07, 6.45) is 3.18. The summed E-state index contributed by atoms with van der Waals surface area (Å²) in [7, 11) is 1.52. The fraction of sp³-hybridized carbons (Fsp3) is 0.393. The molecule has 3 N–H and O–H groups in total. The number of halogens is 4. The zero-order valence-corrected chi connectivity index (χ0v) is 23.1. The number of carbonyl (C=O) groups excluding carboxylic acids is 1. The van der Waals surface area contributed by atoms with Gasteiger partial charge in [-0.25, -0.2) is 18.7 Å². The lowest BCUT2D eigenvalue weighted by Gasteiger charge is -2.44. The fourth-order valence-corrected chi connectivity index (χ4v) is 5.55. The number of aldehydes is 1. The van der Waals surface area contributed by atoms with Crippen LogP contribution in [0.25, 0.3) is 0 Å². The average molecular weight is 579 g/mol. The molecule has 1 aliphatic heterocycles. The third-order valence-corrected chi connectivity index (χ3v) is 8.02. The lowest BCUT2D eigenvalue weighted by Crippen LogP contribution is -2.54. The summed E-state index contributed by atoms with van der Waals surface area (Å²) in [5, 5.41) is 27.6. The fourth-order valence-electron chi connectivity index (χ4n) is 5.33. The third-order valence-electron chi connectivity index (χ3n) is 7.57. The number of aliphatic hydroxyl groups is 2. The Labute approximate surface area is 235 Å². The number of hydrogen-bond acceptors (Lipinski definition) is 7. The van der Waals surface area contributed by atoms with Gasteiger partial charge in [0.2, 0.25) is 0 Å². The summed E-state index contributed by atoms with van der Waals surface area (Å²) in [4.78, 5) is 22.1. The van der Waals surface area contributed by atoms with Gasteiger partial charge in [0.1, 0.15) is 22.9 Å². The van der Waals surface area contributed by atoms with Gasteiger partial charge in [0.05, 0.1) is 11.6 Å². The van der Waals surface area contributed by atoms with Gasteiger partial charge in [-0.05, 0) is 69.2 Å². The molecule has 2 atom stereocenters. The zero-order valence-electron chi connectivity index (χ0n) is 21.6. The molecule has 1 saturated heterocycles. The van der Waals surface area contributed by atoms with Crippen molar-refractivity contribution < 1.29 is 23.8 Å². The Morgan fingerprint density at radius 1 is 1.08 bits per heavy atom. The second-order valence-electron chi connectivity index (χ2n) is 9.82. The summed E-state index contributed by atoms with van der Waals surface area (Å²) in [5.41, 5.74) is -6.75. The quantitative estimate of drug-likeness (QED) is 0.249. The Bertz CT molecular complexity index is 1320. The highest BCUT2D eigenvalue weighted by Gasteiger charge is 2.52. The molecule has 7 nitrogen and oxygen atoms in total. The number of alkyl halides is 1. The van der Waals surface area contributed by atoms with Crippen LogP contribution in [0.4, 0.5) is 8.78 Å². The van der Waals surface area contributed by atoms with E-state index in [1.54, 1.807) is 6.92 Å². The third kappa shape index (κ3) is 5.44. The van der Waals surface area contributed by atoms with E-state index >= 15 is 8.78 Å². The van der Waals surface area contributed by atoms with Crippen LogP contribution in [-0.2, 0) is 17.9 Å². The van der Waals surface area contributed by atoms with Crippen LogP contribution in [0.5, 0.6) is 0 Å².